The van der Waals surface area contributed by atoms with Gasteiger partial charge in [0.15, 0.2) is 6.67 Å². The molecule has 0 fully saturated rings. The zero-order chi connectivity index (χ0) is 8.78. The highest BCUT2D eigenvalue weighted by Crippen LogP contribution is 1.88. The number of halogens is 3. The van der Waals surface area contributed by atoms with E-state index in [1.54, 1.807) is 0 Å². The summed E-state index contributed by atoms with van der Waals surface area (Å²) in [7, 11) is -4.67. The van der Waals surface area contributed by atoms with Crippen molar-refractivity contribution in [3.05, 3.63) is 0 Å². The van der Waals surface area contributed by atoms with Gasteiger partial charge in [-0.3, -0.25) is 9.11 Å². The molecule has 64 valence electrons. The Balaban J connectivity index is 0. The number of alkyl halides is 3. The summed E-state index contributed by atoms with van der Waals surface area (Å²) in [4.78, 5) is 0. The van der Waals surface area contributed by atoms with Crippen LogP contribution in [0.25, 0.3) is 0 Å². The van der Waals surface area contributed by atoms with Gasteiger partial charge in [0, 0.05) is 0 Å². The number of hydrogen-bond donors (Lipinski definition) is 2. The Labute approximate surface area is 55.2 Å². The Morgan fingerprint density at radius 1 is 1.30 bits per heavy atom. The first kappa shape index (κ1) is 12.3. The third kappa shape index (κ3) is 123. The molecule has 0 aliphatic heterocycles. The standard InChI is InChI=1S/C2H3F3.H2O4S/c3-1-2(4)5;1-5(2,3)4/h2H,1H2;(H2,1,2,3,4). The van der Waals surface area contributed by atoms with Gasteiger partial charge in [-0.05, 0) is 0 Å². The van der Waals surface area contributed by atoms with Crippen molar-refractivity contribution < 1.29 is 30.7 Å². The fourth-order valence-corrected chi connectivity index (χ4v) is 0. The van der Waals surface area contributed by atoms with Crippen LogP contribution in [-0.2, 0) is 10.4 Å². The van der Waals surface area contributed by atoms with E-state index in [1.165, 1.54) is 0 Å². The highest BCUT2D eigenvalue weighted by Gasteiger charge is 1.95. The smallest absolute Gasteiger partial charge is 0.264 e. The fraction of sp³-hybridized carbons (Fsp3) is 1.00. The molecule has 0 aromatic heterocycles. The zero-order valence-electron chi connectivity index (χ0n) is 4.54. The predicted octanol–water partition coefficient (Wildman–Crippen LogP) is 0.568. The molecule has 0 aromatic rings. The Morgan fingerprint density at radius 3 is 1.40 bits per heavy atom. The van der Waals surface area contributed by atoms with Crippen molar-refractivity contribution in [3.8, 4) is 0 Å². The molecule has 4 nitrogen and oxygen atoms in total. The van der Waals surface area contributed by atoms with E-state index >= 15 is 0 Å². The van der Waals surface area contributed by atoms with Gasteiger partial charge in [-0.2, -0.15) is 8.42 Å². The first-order chi connectivity index (χ1) is 4.27. The van der Waals surface area contributed by atoms with Crippen LogP contribution >= 0.6 is 0 Å². The quantitative estimate of drug-likeness (QED) is 0.581. The lowest BCUT2D eigenvalue weighted by Crippen LogP contribution is -1.89. The topological polar surface area (TPSA) is 74.6 Å². The Kier molecular flexibility index (Phi) is 6.72. The molecule has 0 heterocycles. The second-order valence-electron chi connectivity index (χ2n) is 0.993. The largest absolute Gasteiger partial charge is 0.394 e. The van der Waals surface area contributed by atoms with Crippen molar-refractivity contribution in [2.45, 2.75) is 6.43 Å². The monoisotopic (exact) mass is 182 g/mol. The lowest BCUT2D eigenvalue weighted by molar-refractivity contribution is 0.113. The Morgan fingerprint density at radius 2 is 1.40 bits per heavy atom. The van der Waals surface area contributed by atoms with E-state index in [-0.39, 0.29) is 0 Å². The first-order valence-corrected chi connectivity index (χ1v) is 3.21. The van der Waals surface area contributed by atoms with E-state index < -0.39 is 23.5 Å². The molecule has 0 aliphatic rings. The molecule has 2 N–H and O–H groups in total. The molecular weight excluding hydrogens is 177 g/mol. The first-order valence-electron chi connectivity index (χ1n) is 1.81. The normalized spacial score (nSPS) is 10.6. The van der Waals surface area contributed by atoms with Crippen molar-refractivity contribution in [3.63, 3.8) is 0 Å². The van der Waals surface area contributed by atoms with Gasteiger partial charge in [0.1, 0.15) is 0 Å². The molecular formula is C2H5F3O4S. The van der Waals surface area contributed by atoms with E-state index in [0.29, 0.717) is 0 Å². The molecule has 0 saturated carbocycles. The minimum atomic E-state index is -4.67. The van der Waals surface area contributed by atoms with Crippen molar-refractivity contribution in [2.24, 2.45) is 0 Å². The van der Waals surface area contributed by atoms with E-state index in [1.807, 2.05) is 0 Å². The minimum Gasteiger partial charge on any atom is -0.264 e. The SMILES string of the molecule is FCC(F)F.O=S(=O)(O)O. The van der Waals surface area contributed by atoms with Crippen LogP contribution < -0.4 is 0 Å². The van der Waals surface area contributed by atoms with Crippen LogP contribution in [-0.4, -0.2) is 30.6 Å². The van der Waals surface area contributed by atoms with E-state index in [4.69, 9.17) is 17.5 Å². The maximum absolute atomic E-state index is 10.4. The van der Waals surface area contributed by atoms with Crippen molar-refractivity contribution >= 4 is 10.4 Å². The summed E-state index contributed by atoms with van der Waals surface area (Å²) < 4.78 is 62.7. The van der Waals surface area contributed by atoms with E-state index in [2.05, 4.69) is 0 Å². The molecule has 0 bridgehead atoms. The molecule has 0 radical (unpaired) electrons. The molecule has 0 rings (SSSR count). The zero-order valence-corrected chi connectivity index (χ0v) is 5.35. The van der Waals surface area contributed by atoms with Gasteiger partial charge in [0.05, 0.1) is 0 Å². The molecule has 0 saturated heterocycles. The fourth-order valence-electron chi connectivity index (χ4n) is 0. The van der Waals surface area contributed by atoms with Crippen LogP contribution in [0.5, 0.6) is 0 Å². The van der Waals surface area contributed by atoms with Crippen molar-refractivity contribution in [1.29, 1.82) is 0 Å². The predicted molar refractivity (Wildman–Crippen MR) is 26.2 cm³/mol. The van der Waals surface area contributed by atoms with E-state index in [0.717, 1.165) is 0 Å². The van der Waals surface area contributed by atoms with Crippen molar-refractivity contribution in [1.82, 2.24) is 0 Å². The second kappa shape index (κ2) is 5.45. The molecule has 0 unspecified atom stereocenters. The van der Waals surface area contributed by atoms with Gasteiger partial charge >= 0.3 is 10.4 Å². The number of hydrogen-bond acceptors (Lipinski definition) is 2. The summed E-state index contributed by atoms with van der Waals surface area (Å²) in [5.41, 5.74) is 0. The van der Waals surface area contributed by atoms with Gasteiger partial charge in [0.2, 0.25) is 0 Å². The molecule has 0 aromatic carbocycles. The van der Waals surface area contributed by atoms with Gasteiger partial charge in [-0.15, -0.1) is 0 Å². The van der Waals surface area contributed by atoms with Gasteiger partial charge in [-0.25, -0.2) is 13.2 Å². The van der Waals surface area contributed by atoms with Crippen LogP contribution in [0.1, 0.15) is 0 Å². The minimum absolute atomic E-state index is 1.53. The van der Waals surface area contributed by atoms with Crippen LogP contribution in [0.15, 0.2) is 0 Å². The van der Waals surface area contributed by atoms with E-state index in [9.17, 15) is 13.2 Å². The van der Waals surface area contributed by atoms with Gasteiger partial charge in [-0.1, -0.05) is 0 Å². The van der Waals surface area contributed by atoms with Crippen LogP contribution in [0, 0.1) is 0 Å². The summed E-state index contributed by atoms with van der Waals surface area (Å²) in [6.07, 6.45) is -2.78. The summed E-state index contributed by atoms with van der Waals surface area (Å²) in [5, 5.41) is 0. The summed E-state index contributed by atoms with van der Waals surface area (Å²) in [6.45, 7) is -1.53. The Bertz CT molecular complexity index is 144. The molecule has 0 atom stereocenters. The average Bonchev–Trinajstić information content (AvgIpc) is 1.61. The molecule has 10 heavy (non-hydrogen) atoms. The average molecular weight is 182 g/mol. The maximum Gasteiger partial charge on any atom is 0.394 e. The summed E-state index contributed by atoms with van der Waals surface area (Å²) in [5.74, 6) is 0. The molecule has 0 aliphatic carbocycles. The highest BCUT2D eigenvalue weighted by molar-refractivity contribution is 7.79. The van der Waals surface area contributed by atoms with Crippen LogP contribution in [0.2, 0.25) is 0 Å². The molecule has 8 heteroatoms. The van der Waals surface area contributed by atoms with Gasteiger partial charge in [0.25, 0.3) is 6.43 Å². The second-order valence-corrected chi connectivity index (χ2v) is 1.89. The van der Waals surface area contributed by atoms with Crippen molar-refractivity contribution in [2.75, 3.05) is 6.67 Å². The molecule has 0 amide bonds. The van der Waals surface area contributed by atoms with Gasteiger partial charge < -0.3 is 0 Å². The van der Waals surface area contributed by atoms with Crippen LogP contribution in [0.3, 0.4) is 0 Å². The Hall–Kier alpha value is -0.340. The maximum atomic E-state index is 10.4. The third-order valence-electron chi connectivity index (χ3n) is 0.117. The lowest BCUT2D eigenvalue weighted by Gasteiger charge is -1.78. The summed E-state index contributed by atoms with van der Waals surface area (Å²) >= 11 is 0. The number of rotatable bonds is 1. The summed E-state index contributed by atoms with van der Waals surface area (Å²) in [6, 6.07) is 0. The molecule has 0 spiro atoms. The highest BCUT2D eigenvalue weighted by atomic mass is 32.3. The third-order valence-corrected chi connectivity index (χ3v) is 0.117. The van der Waals surface area contributed by atoms with Crippen LogP contribution in [0.4, 0.5) is 13.2 Å². The lowest BCUT2D eigenvalue weighted by atomic mass is 10.8.